The number of hydrogen-bond donors (Lipinski definition) is 3. The predicted octanol–water partition coefficient (Wildman–Crippen LogP) is 1.31. The molecule has 8 nitrogen and oxygen atoms in total. The van der Waals surface area contributed by atoms with E-state index in [1.54, 1.807) is 6.92 Å². The van der Waals surface area contributed by atoms with Crippen molar-refractivity contribution >= 4 is 28.7 Å². The standard InChI is InChI=1S/C20H25N3O5/c1-12(18(24)23-9-5-8-17(23)19(25)26)22-16(20(27)28-2)10-13-11-21-15-7-4-3-6-14(13)15/h3-4,6-7,11-12,16-17,21-22H,5,8-10H2,1-2H3,(H,25,26)/t12-,16?,17-/m0/s1. The van der Waals surface area contributed by atoms with Gasteiger partial charge in [0.2, 0.25) is 5.91 Å². The smallest absolute Gasteiger partial charge is 0.326 e. The molecule has 0 saturated carbocycles. The first-order chi connectivity index (χ1) is 13.4. The highest BCUT2D eigenvalue weighted by atomic mass is 16.5. The zero-order chi connectivity index (χ0) is 20.3. The second kappa shape index (κ2) is 8.43. The van der Waals surface area contributed by atoms with Gasteiger partial charge in [0.15, 0.2) is 0 Å². The zero-order valence-electron chi connectivity index (χ0n) is 16.0. The van der Waals surface area contributed by atoms with Crippen molar-refractivity contribution in [2.45, 2.75) is 44.3 Å². The molecule has 3 rings (SSSR count). The van der Waals surface area contributed by atoms with Crippen molar-refractivity contribution < 1.29 is 24.2 Å². The Morgan fingerprint density at radius 3 is 2.82 bits per heavy atom. The molecule has 0 aliphatic carbocycles. The van der Waals surface area contributed by atoms with E-state index in [-0.39, 0.29) is 5.91 Å². The van der Waals surface area contributed by atoms with Crippen LogP contribution in [0.5, 0.6) is 0 Å². The van der Waals surface area contributed by atoms with Gasteiger partial charge in [-0.1, -0.05) is 18.2 Å². The number of para-hydroxylation sites is 1. The number of aromatic amines is 1. The summed E-state index contributed by atoms with van der Waals surface area (Å²) in [6.45, 7) is 2.05. The van der Waals surface area contributed by atoms with Crippen molar-refractivity contribution in [3.05, 3.63) is 36.0 Å². The van der Waals surface area contributed by atoms with E-state index in [1.165, 1.54) is 12.0 Å². The molecule has 0 bridgehead atoms. The Hall–Kier alpha value is -2.87. The minimum Gasteiger partial charge on any atom is -0.480 e. The largest absolute Gasteiger partial charge is 0.480 e. The number of nitrogens with one attached hydrogen (secondary N) is 2. The molecule has 150 valence electrons. The zero-order valence-corrected chi connectivity index (χ0v) is 16.0. The lowest BCUT2D eigenvalue weighted by molar-refractivity contribution is -0.149. The van der Waals surface area contributed by atoms with Gasteiger partial charge in [0, 0.05) is 30.1 Å². The van der Waals surface area contributed by atoms with Gasteiger partial charge in [0.25, 0.3) is 0 Å². The topological polar surface area (TPSA) is 112 Å². The molecule has 1 aliphatic rings. The van der Waals surface area contributed by atoms with Crippen LogP contribution in [-0.2, 0) is 25.5 Å². The van der Waals surface area contributed by atoms with Crippen LogP contribution in [0.15, 0.2) is 30.5 Å². The van der Waals surface area contributed by atoms with Gasteiger partial charge in [-0.25, -0.2) is 4.79 Å². The summed E-state index contributed by atoms with van der Waals surface area (Å²) in [5.74, 6) is -1.79. The van der Waals surface area contributed by atoms with Gasteiger partial charge in [-0.2, -0.15) is 0 Å². The molecule has 1 unspecified atom stereocenters. The van der Waals surface area contributed by atoms with Crippen LogP contribution in [-0.4, -0.2) is 64.6 Å². The van der Waals surface area contributed by atoms with E-state index in [1.807, 2.05) is 30.5 Å². The number of rotatable bonds is 7. The van der Waals surface area contributed by atoms with Crippen molar-refractivity contribution in [2.75, 3.05) is 13.7 Å². The number of aromatic nitrogens is 1. The molecule has 3 N–H and O–H groups in total. The molecule has 2 heterocycles. The number of esters is 1. The van der Waals surface area contributed by atoms with Gasteiger partial charge in [-0.3, -0.25) is 14.9 Å². The number of likely N-dealkylation sites (tertiary alicyclic amines) is 1. The molecule has 28 heavy (non-hydrogen) atoms. The van der Waals surface area contributed by atoms with Crippen LogP contribution in [0.2, 0.25) is 0 Å². The minimum atomic E-state index is -0.999. The van der Waals surface area contributed by atoms with Crippen molar-refractivity contribution in [3.8, 4) is 0 Å². The Kier molecular flexibility index (Phi) is 5.99. The number of carboxylic acids is 1. The van der Waals surface area contributed by atoms with E-state index in [0.29, 0.717) is 25.8 Å². The fourth-order valence-corrected chi connectivity index (χ4v) is 3.78. The number of aliphatic carboxylic acids is 1. The molecule has 2 aromatic rings. The van der Waals surface area contributed by atoms with Crippen LogP contribution < -0.4 is 5.32 Å². The first-order valence-corrected chi connectivity index (χ1v) is 9.34. The molecule has 1 saturated heterocycles. The van der Waals surface area contributed by atoms with Crippen molar-refractivity contribution in [1.29, 1.82) is 0 Å². The highest BCUT2D eigenvalue weighted by Crippen LogP contribution is 2.21. The number of ether oxygens (including phenoxy) is 1. The first-order valence-electron chi connectivity index (χ1n) is 9.34. The van der Waals surface area contributed by atoms with Gasteiger partial charge in [-0.15, -0.1) is 0 Å². The average molecular weight is 387 g/mol. The number of H-pyrrole nitrogens is 1. The summed E-state index contributed by atoms with van der Waals surface area (Å²) >= 11 is 0. The summed E-state index contributed by atoms with van der Waals surface area (Å²) in [5.41, 5.74) is 1.90. The van der Waals surface area contributed by atoms with E-state index in [4.69, 9.17) is 4.74 Å². The Bertz CT molecular complexity index is 878. The predicted molar refractivity (Wildman–Crippen MR) is 103 cm³/mol. The summed E-state index contributed by atoms with van der Waals surface area (Å²) in [7, 11) is 1.31. The van der Waals surface area contributed by atoms with Crippen LogP contribution >= 0.6 is 0 Å². The molecule has 1 aliphatic heterocycles. The van der Waals surface area contributed by atoms with Gasteiger partial charge in [-0.05, 0) is 31.4 Å². The molecule has 3 atom stereocenters. The SMILES string of the molecule is COC(=O)C(Cc1c[nH]c2ccccc12)N[C@@H](C)C(=O)N1CCC[C@H]1C(=O)O. The Morgan fingerprint density at radius 2 is 2.11 bits per heavy atom. The quantitative estimate of drug-likeness (QED) is 0.618. The number of methoxy groups -OCH3 is 1. The molecule has 1 aromatic carbocycles. The number of amides is 1. The fraction of sp³-hybridized carbons (Fsp3) is 0.450. The molecule has 1 amide bonds. The van der Waals surface area contributed by atoms with Gasteiger partial charge >= 0.3 is 11.9 Å². The van der Waals surface area contributed by atoms with Crippen LogP contribution in [0.3, 0.4) is 0 Å². The highest BCUT2D eigenvalue weighted by Gasteiger charge is 2.37. The molecule has 0 spiro atoms. The van der Waals surface area contributed by atoms with Crippen LogP contribution in [0.25, 0.3) is 10.9 Å². The van der Waals surface area contributed by atoms with E-state index in [2.05, 4.69) is 10.3 Å². The third-order valence-corrected chi connectivity index (χ3v) is 5.23. The summed E-state index contributed by atoms with van der Waals surface area (Å²) in [6, 6.07) is 5.52. The van der Waals surface area contributed by atoms with E-state index < -0.39 is 30.1 Å². The highest BCUT2D eigenvalue weighted by molar-refractivity contribution is 5.88. The summed E-state index contributed by atoms with van der Waals surface area (Å²) < 4.78 is 4.91. The van der Waals surface area contributed by atoms with E-state index in [0.717, 1.165) is 16.5 Å². The Morgan fingerprint density at radius 1 is 1.36 bits per heavy atom. The molecular weight excluding hydrogens is 362 g/mol. The third kappa shape index (κ3) is 4.01. The maximum absolute atomic E-state index is 12.8. The average Bonchev–Trinajstić information content (AvgIpc) is 3.33. The molecule has 0 radical (unpaired) electrons. The van der Waals surface area contributed by atoms with Crippen LogP contribution in [0.1, 0.15) is 25.3 Å². The lowest BCUT2D eigenvalue weighted by atomic mass is 10.0. The minimum absolute atomic E-state index is 0.322. The van der Waals surface area contributed by atoms with Crippen molar-refractivity contribution in [3.63, 3.8) is 0 Å². The number of nitrogens with zero attached hydrogens (tertiary/aromatic N) is 1. The van der Waals surface area contributed by atoms with Crippen molar-refractivity contribution in [1.82, 2.24) is 15.2 Å². The van der Waals surface area contributed by atoms with Crippen LogP contribution in [0, 0.1) is 0 Å². The van der Waals surface area contributed by atoms with Gasteiger partial charge < -0.3 is 19.7 Å². The number of hydrogen-bond acceptors (Lipinski definition) is 5. The Labute approximate surface area is 162 Å². The number of fused-ring (bicyclic) bond motifs is 1. The number of carbonyl (C=O) groups is 3. The molecule has 1 fully saturated rings. The maximum Gasteiger partial charge on any atom is 0.326 e. The molecular formula is C20H25N3O5. The van der Waals surface area contributed by atoms with Gasteiger partial charge in [0.1, 0.15) is 12.1 Å². The maximum atomic E-state index is 12.8. The van der Waals surface area contributed by atoms with Crippen molar-refractivity contribution in [2.24, 2.45) is 0 Å². The number of carbonyl (C=O) groups excluding carboxylic acids is 2. The normalized spacial score (nSPS) is 18.8. The summed E-state index contributed by atoms with van der Waals surface area (Å²) in [6.07, 6.45) is 3.29. The van der Waals surface area contributed by atoms with E-state index in [9.17, 15) is 19.5 Å². The second-order valence-electron chi connectivity index (χ2n) is 7.06. The number of carboxylic acid groups (broad SMARTS) is 1. The second-order valence-corrected chi connectivity index (χ2v) is 7.06. The first kappa shape index (κ1) is 19.9. The lowest BCUT2D eigenvalue weighted by Gasteiger charge is -2.27. The molecule has 8 heteroatoms. The monoisotopic (exact) mass is 387 g/mol. The number of benzene rings is 1. The third-order valence-electron chi connectivity index (χ3n) is 5.23. The van der Waals surface area contributed by atoms with Gasteiger partial charge in [0.05, 0.1) is 13.2 Å². The lowest BCUT2D eigenvalue weighted by Crippen LogP contribution is -2.53. The van der Waals surface area contributed by atoms with Crippen LogP contribution in [0.4, 0.5) is 0 Å². The summed E-state index contributed by atoms with van der Waals surface area (Å²) in [5, 5.41) is 13.3. The fourth-order valence-electron chi connectivity index (χ4n) is 3.78. The van der Waals surface area contributed by atoms with E-state index >= 15 is 0 Å². The molecule has 1 aromatic heterocycles. The Balaban J connectivity index is 1.74. The summed E-state index contributed by atoms with van der Waals surface area (Å²) in [4.78, 5) is 41.0.